The van der Waals surface area contributed by atoms with Crippen LogP contribution >= 0.6 is 0 Å². The molecule has 594 valence electrons. The molecule has 3 aliphatic rings. The predicted molar refractivity (Wildman–Crippen MR) is 438 cm³/mol. The summed E-state index contributed by atoms with van der Waals surface area (Å²) >= 11 is 0. The first kappa shape index (κ1) is 88.1. The van der Waals surface area contributed by atoms with Crippen LogP contribution in [-0.2, 0) is 34.3 Å². The molecule has 4 aromatic carbocycles. The van der Waals surface area contributed by atoms with Crippen molar-refractivity contribution in [1.29, 1.82) is 0 Å². The van der Waals surface area contributed by atoms with Gasteiger partial charge in [-0.1, -0.05) is 295 Å². The number of hydrogen-bond acceptors (Lipinski definition) is 8. The highest BCUT2D eigenvalue weighted by molar-refractivity contribution is 5.94. The maximum absolute atomic E-state index is 14.0. The normalized spacial score (nSPS) is 19.8. The van der Waals surface area contributed by atoms with Crippen LogP contribution in [0, 0.1) is 23.7 Å². The van der Waals surface area contributed by atoms with Crippen LogP contribution in [-0.4, -0.2) is 74.5 Å². The van der Waals surface area contributed by atoms with Gasteiger partial charge in [0.2, 0.25) is 0 Å². The third-order valence-electron chi connectivity index (χ3n) is 24.3. The molecule has 12 nitrogen and oxygen atoms in total. The second-order valence-electron chi connectivity index (χ2n) is 33.1. The molecule has 7 rings (SSSR count). The number of amides is 2. The number of rotatable bonds is 60. The number of hydrogen-bond donors (Lipinski definition) is 2. The minimum absolute atomic E-state index is 0.120. The summed E-state index contributed by atoms with van der Waals surface area (Å²) < 4.78 is 25.6. The Kier molecular flexibility index (Phi) is 43.3. The standard InChI is InChI=1S/C94H150N4O8/c1-7-11-15-19-23-27-31-35-39-43-67-103-87-61-47-77(71-89(87)105-69-45-41-37-33-29-25-21-17-13-9-3)63-65-95-91(99)81-53-57-85(58-54-81)93(5)73-83(75-97(93)101)79-49-51-80(52-50-79)84-74-94(6,98(102)76-84)86-59-55-82(56-60-86)92(100)96-66-64-78-48-62-88(104-68-44-40-36-32-28-24-20-16-12-8-2)90(72-78)106-70-46-42-38-34-30-26-22-18-14-10-4/h47-48,53-62,71-72,79-80,83-84H,7-46,49-52,63-70,73-76H2,1-6H3,(H,95,99)(H,96,100). The fraction of sp³-hybridized carbons (Fsp3) is 0.723. The van der Waals surface area contributed by atoms with E-state index in [1.807, 2.05) is 48.5 Å². The van der Waals surface area contributed by atoms with Crippen molar-refractivity contribution in [2.45, 2.75) is 361 Å². The number of hydroxylamine groups is 4. The van der Waals surface area contributed by atoms with Crippen molar-refractivity contribution in [3.63, 3.8) is 0 Å². The van der Waals surface area contributed by atoms with Crippen molar-refractivity contribution in [2.24, 2.45) is 23.7 Å². The molecule has 4 unspecified atom stereocenters. The van der Waals surface area contributed by atoms with Crippen molar-refractivity contribution in [3.05, 3.63) is 118 Å². The van der Waals surface area contributed by atoms with E-state index in [9.17, 15) is 20.0 Å². The van der Waals surface area contributed by atoms with E-state index >= 15 is 0 Å². The van der Waals surface area contributed by atoms with Gasteiger partial charge in [-0.05, 0) is 185 Å². The highest BCUT2D eigenvalue weighted by Crippen LogP contribution is 2.51. The van der Waals surface area contributed by atoms with E-state index in [1.54, 1.807) is 0 Å². The largest absolute Gasteiger partial charge is 0.490 e. The minimum Gasteiger partial charge on any atom is -0.490 e. The molecule has 2 saturated heterocycles. The smallest absolute Gasteiger partial charge is 0.251 e. The molecule has 4 aromatic rings. The molecule has 4 atom stereocenters. The van der Waals surface area contributed by atoms with Gasteiger partial charge in [-0.2, -0.15) is 0 Å². The molecule has 2 aliphatic heterocycles. The van der Waals surface area contributed by atoms with Crippen molar-refractivity contribution < 1.29 is 39.0 Å². The van der Waals surface area contributed by atoms with Crippen LogP contribution in [0.25, 0.3) is 0 Å². The predicted octanol–water partition coefficient (Wildman–Crippen LogP) is 25.1. The number of benzene rings is 4. The molecule has 1 aliphatic carbocycles. The molecule has 0 aromatic heterocycles. The fourth-order valence-corrected chi connectivity index (χ4v) is 17.2. The van der Waals surface area contributed by atoms with Crippen LogP contribution in [0.15, 0.2) is 84.9 Å². The quantitative estimate of drug-likeness (QED) is 0.0416. The van der Waals surface area contributed by atoms with E-state index in [2.05, 4.69) is 88.6 Å². The van der Waals surface area contributed by atoms with Crippen LogP contribution in [0.3, 0.4) is 0 Å². The van der Waals surface area contributed by atoms with Gasteiger partial charge in [0, 0.05) is 37.3 Å². The molecule has 106 heavy (non-hydrogen) atoms. The zero-order valence-electron chi connectivity index (χ0n) is 68.2. The number of nitrogens with zero attached hydrogens (tertiary/aromatic N) is 2. The Bertz CT molecular complexity index is 2750. The van der Waals surface area contributed by atoms with E-state index < -0.39 is 11.1 Å². The lowest BCUT2D eigenvalue weighted by Crippen LogP contribution is -2.34. The molecule has 2 amide bonds. The van der Waals surface area contributed by atoms with Crippen LogP contribution < -0.4 is 29.6 Å². The average Bonchev–Trinajstić information content (AvgIpc) is 1.61. The highest BCUT2D eigenvalue weighted by Gasteiger charge is 2.50. The van der Waals surface area contributed by atoms with Crippen LogP contribution in [0.4, 0.5) is 0 Å². The van der Waals surface area contributed by atoms with Gasteiger partial charge in [0.1, 0.15) is 0 Å². The zero-order valence-corrected chi connectivity index (χ0v) is 68.2. The molecular weight excluding hydrogens is 1310 g/mol. The Hall–Kier alpha value is -5.14. The van der Waals surface area contributed by atoms with Crippen LogP contribution in [0.2, 0.25) is 0 Å². The number of unbranched alkanes of at least 4 members (excludes halogenated alkanes) is 36. The molecule has 1 saturated carbocycles. The first-order chi connectivity index (χ1) is 51.9. The minimum atomic E-state index is -0.667. The summed E-state index contributed by atoms with van der Waals surface area (Å²) in [6.45, 7) is 18.0. The average molecular weight is 1460 g/mol. The highest BCUT2D eigenvalue weighted by atomic mass is 16.5. The fourth-order valence-electron chi connectivity index (χ4n) is 17.2. The number of carbonyl (C=O) groups is 2. The molecule has 2 N–H and O–H groups in total. The van der Waals surface area contributed by atoms with Crippen LogP contribution in [0.5, 0.6) is 23.0 Å². The Morgan fingerprint density at radius 1 is 0.340 bits per heavy atom. The number of ether oxygens (including phenoxy) is 4. The Morgan fingerprint density at radius 3 is 0.868 bits per heavy atom. The Labute approximate surface area is 646 Å². The van der Waals surface area contributed by atoms with E-state index in [1.165, 1.54) is 241 Å². The van der Waals surface area contributed by atoms with Crippen molar-refractivity contribution in [3.8, 4) is 23.0 Å². The Balaban J connectivity index is 0.817. The summed E-state index contributed by atoms with van der Waals surface area (Å²) in [7, 11) is 0. The van der Waals surface area contributed by atoms with Gasteiger partial charge in [0.05, 0.1) is 37.5 Å². The van der Waals surface area contributed by atoms with Gasteiger partial charge in [-0.3, -0.25) is 9.59 Å². The monoisotopic (exact) mass is 1460 g/mol. The van der Waals surface area contributed by atoms with E-state index in [-0.39, 0.29) is 23.7 Å². The van der Waals surface area contributed by atoms with E-state index in [0.29, 0.717) is 88.4 Å². The van der Waals surface area contributed by atoms with Crippen molar-refractivity contribution in [1.82, 2.24) is 20.8 Å². The molecule has 2 heterocycles. The summed E-state index contributed by atoms with van der Waals surface area (Å²) in [5, 5.41) is 36.9. The third-order valence-corrected chi connectivity index (χ3v) is 24.3. The first-order valence-electron chi connectivity index (χ1n) is 44.3. The van der Waals surface area contributed by atoms with Gasteiger partial charge in [0.15, 0.2) is 23.0 Å². The summed E-state index contributed by atoms with van der Waals surface area (Å²) in [5.41, 5.74) is 3.96. The van der Waals surface area contributed by atoms with Crippen molar-refractivity contribution in [2.75, 3.05) is 52.6 Å². The van der Waals surface area contributed by atoms with Gasteiger partial charge in [-0.15, -0.1) is 20.5 Å². The lowest BCUT2D eigenvalue weighted by atomic mass is 9.69. The van der Waals surface area contributed by atoms with Gasteiger partial charge in [0.25, 0.3) is 11.8 Å². The lowest BCUT2D eigenvalue weighted by molar-refractivity contribution is -0.206. The lowest BCUT2D eigenvalue weighted by Gasteiger charge is -2.35. The van der Waals surface area contributed by atoms with Gasteiger partial charge in [-0.25, -0.2) is 0 Å². The molecule has 0 spiro atoms. The summed E-state index contributed by atoms with van der Waals surface area (Å²) in [6, 6.07) is 28.0. The Morgan fingerprint density at radius 2 is 0.594 bits per heavy atom. The third kappa shape index (κ3) is 31.7. The molecule has 2 radical (unpaired) electrons. The maximum Gasteiger partial charge on any atom is 0.251 e. The maximum atomic E-state index is 14.0. The van der Waals surface area contributed by atoms with Crippen LogP contribution in [0.1, 0.15) is 380 Å². The molecular formula is C94H150N4O8. The second-order valence-corrected chi connectivity index (χ2v) is 33.1. The first-order valence-corrected chi connectivity index (χ1v) is 44.3. The van der Waals surface area contributed by atoms with Gasteiger partial charge >= 0.3 is 0 Å². The van der Waals surface area contributed by atoms with E-state index in [4.69, 9.17) is 18.9 Å². The molecule has 3 fully saturated rings. The molecule has 12 heteroatoms. The second kappa shape index (κ2) is 52.1. The number of carbonyl (C=O) groups excluding carboxylic acids is 2. The summed E-state index contributed by atoms with van der Waals surface area (Å²) in [4.78, 5) is 27.2. The van der Waals surface area contributed by atoms with Crippen molar-refractivity contribution >= 4 is 11.8 Å². The zero-order chi connectivity index (χ0) is 75.1. The summed E-state index contributed by atoms with van der Waals surface area (Å²) in [5.74, 6) is 4.48. The molecule has 0 bridgehead atoms. The van der Waals surface area contributed by atoms with E-state index in [0.717, 1.165) is 109 Å². The topological polar surface area (TPSA) is 141 Å². The van der Waals surface area contributed by atoms with Gasteiger partial charge < -0.3 is 29.6 Å². The number of nitrogens with one attached hydrogen (secondary N) is 2. The summed E-state index contributed by atoms with van der Waals surface area (Å²) in [6.07, 6.45) is 58.7. The SMILES string of the molecule is CCCCCCCCCCCCOc1ccc(CCNC(=O)c2ccc(C3(C)CC(C4CCC(C5CN([O])C(C)(c6ccc(C(=O)NCCc7ccc(OCCCCCCCCCCCC)c(OCCCCCCCCCCCC)c7)cc6)C5)CC4)CN3[O])cc2)cc1OCCCCCCCCCCCC.